The number of aromatic nitrogens is 2. The first-order valence-corrected chi connectivity index (χ1v) is 4.77. The first kappa shape index (κ1) is 10.1. The third kappa shape index (κ3) is 2.47. The van der Waals surface area contributed by atoms with Crippen LogP contribution in [0, 0.1) is 5.92 Å². The molecule has 0 fully saturated rings. The molecular weight excluding hydrogens is 164 g/mol. The van der Waals surface area contributed by atoms with Crippen LogP contribution in [0.25, 0.3) is 0 Å². The largest absolute Gasteiger partial charge is 0.504 e. The molecule has 1 heterocycles. The minimum Gasteiger partial charge on any atom is -0.504 e. The van der Waals surface area contributed by atoms with E-state index in [1.165, 1.54) is 0 Å². The van der Waals surface area contributed by atoms with Crippen molar-refractivity contribution in [1.82, 2.24) is 9.78 Å². The Morgan fingerprint density at radius 1 is 1.38 bits per heavy atom. The van der Waals surface area contributed by atoms with E-state index in [2.05, 4.69) is 18.9 Å². The molecule has 0 aliphatic carbocycles. The summed E-state index contributed by atoms with van der Waals surface area (Å²) in [7, 11) is 0. The summed E-state index contributed by atoms with van der Waals surface area (Å²) < 4.78 is 1.80. The number of hydrogen-bond donors (Lipinski definition) is 1. The van der Waals surface area contributed by atoms with Gasteiger partial charge in [-0.15, -0.1) is 0 Å². The van der Waals surface area contributed by atoms with Crippen LogP contribution in [0.1, 0.15) is 39.4 Å². The molecule has 0 amide bonds. The molecular formula is C10H18N2O. The van der Waals surface area contributed by atoms with E-state index in [0.29, 0.717) is 17.7 Å². The van der Waals surface area contributed by atoms with Gasteiger partial charge in [0.25, 0.3) is 0 Å². The zero-order chi connectivity index (χ0) is 10.0. The van der Waals surface area contributed by atoms with Crippen molar-refractivity contribution in [3.63, 3.8) is 0 Å². The summed E-state index contributed by atoms with van der Waals surface area (Å²) in [6.07, 6.45) is 2.54. The lowest BCUT2D eigenvalue weighted by molar-refractivity contribution is 0.461. The van der Waals surface area contributed by atoms with Gasteiger partial charge in [0.15, 0.2) is 5.75 Å². The van der Waals surface area contributed by atoms with E-state index >= 15 is 0 Å². The first-order valence-electron chi connectivity index (χ1n) is 4.77. The Hall–Kier alpha value is -0.990. The zero-order valence-corrected chi connectivity index (χ0v) is 8.78. The average Bonchev–Trinajstić information content (AvgIpc) is 2.31. The SMILES string of the molecule is CC(C)Cc1nn(C(C)C)cc1O. The van der Waals surface area contributed by atoms with Gasteiger partial charge in [0.05, 0.1) is 6.20 Å². The topological polar surface area (TPSA) is 38.0 Å². The predicted molar refractivity (Wildman–Crippen MR) is 52.8 cm³/mol. The minimum atomic E-state index is 0.312. The Kier molecular flexibility index (Phi) is 2.96. The van der Waals surface area contributed by atoms with Crippen molar-refractivity contribution >= 4 is 0 Å². The number of nitrogens with zero attached hydrogens (tertiary/aromatic N) is 2. The second-order valence-electron chi connectivity index (χ2n) is 4.13. The van der Waals surface area contributed by atoms with Crippen LogP contribution in [0.5, 0.6) is 5.75 Å². The molecule has 13 heavy (non-hydrogen) atoms. The molecule has 1 N–H and O–H groups in total. The Balaban J connectivity index is 2.83. The highest BCUT2D eigenvalue weighted by Crippen LogP contribution is 2.20. The third-order valence-electron chi connectivity index (χ3n) is 1.92. The molecule has 1 aromatic rings. The van der Waals surface area contributed by atoms with E-state index in [1.54, 1.807) is 10.9 Å². The molecule has 0 spiro atoms. The van der Waals surface area contributed by atoms with Gasteiger partial charge < -0.3 is 5.11 Å². The molecule has 1 aromatic heterocycles. The maximum Gasteiger partial charge on any atom is 0.156 e. The molecule has 3 nitrogen and oxygen atoms in total. The Labute approximate surface area is 79.4 Å². The van der Waals surface area contributed by atoms with Crippen LogP contribution in [0.2, 0.25) is 0 Å². The molecule has 0 saturated carbocycles. The second kappa shape index (κ2) is 3.81. The lowest BCUT2D eigenvalue weighted by Crippen LogP contribution is -2.03. The van der Waals surface area contributed by atoms with E-state index < -0.39 is 0 Å². The second-order valence-corrected chi connectivity index (χ2v) is 4.13. The van der Waals surface area contributed by atoms with Gasteiger partial charge in [-0.1, -0.05) is 13.8 Å². The highest BCUT2D eigenvalue weighted by molar-refractivity contribution is 5.23. The maximum absolute atomic E-state index is 9.55. The van der Waals surface area contributed by atoms with Gasteiger partial charge in [-0.25, -0.2) is 0 Å². The Morgan fingerprint density at radius 3 is 2.38 bits per heavy atom. The minimum absolute atomic E-state index is 0.312. The average molecular weight is 182 g/mol. The van der Waals surface area contributed by atoms with Gasteiger partial charge in [0, 0.05) is 6.04 Å². The van der Waals surface area contributed by atoms with Crippen molar-refractivity contribution in [3.8, 4) is 5.75 Å². The van der Waals surface area contributed by atoms with Gasteiger partial charge in [-0.3, -0.25) is 4.68 Å². The smallest absolute Gasteiger partial charge is 0.156 e. The number of rotatable bonds is 3. The van der Waals surface area contributed by atoms with Gasteiger partial charge in [-0.05, 0) is 26.2 Å². The van der Waals surface area contributed by atoms with Gasteiger partial charge in [0.2, 0.25) is 0 Å². The van der Waals surface area contributed by atoms with E-state index in [0.717, 1.165) is 12.1 Å². The summed E-state index contributed by atoms with van der Waals surface area (Å²) in [5.41, 5.74) is 0.809. The molecule has 0 unspecified atom stereocenters. The van der Waals surface area contributed by atoms with Crippen LogP contribution in [-0.4, -0.2) is 14.9 Å². The van der Waals surface area contributed by atoms with Crippen molar-refractivity contribution in [1.29, 1.82) is 0 Å². The van der Waals surface area contributed by atoms with E-state index in [4.69, 9.17) is 0 Å². The summed E-state index contributed by atoms with van der Waals surface area (Å²) in [4.78, 5) is 0. The van der Waals surface area contributed by atoms with Crippen LogP contribution in [0.4, 0.5) is 0 Å². The van der Waals surface area contributed by atoms with Crippen molar-refractivity contribution in [2.24, 2.45) is 5.92 Å². The summed E-state index contributed by atoms with van der Waals surface area (Å²) in [5.74, 6) is 0.851. The molecule has 0 radical (unpaired) electrons. The highest BCUT2D eigenvalue weighted by Gasteiger charge is 2.10. The van der Waals surface area contributed by atoms with Crippen molar-refractivity contribution < 1.29 is 5.11 Å². The maximum atomic E-state index is 9.55. The summed E-state index contributed by atoms with van der Waals surface area (Å²) in [6.45, 7) is 8.33. The fourth-order valence-electron chi connectivity index (χ4n) is 1.22. The fourth-order valence-corrected chi connectivity index (χ4v) is 1.22. The van der Waals surface area contributed by atoms with Gasteiger partial charge in [-0.2, -0.15) is 5.10 Å². The standard InChI is InChI=1S/C10H18N2O/c1-7(2)5-9-10(13)6-12(11-9)8(3)4/h6-8,13H,5H2,1-4H3. The Morgan fingerprint density at radius 2 is 2.00 bits per heavy atom. The van der Waals surface area contributed by atoms with E-state index in [9.17, 15) is 5.11 Å². The van der Waals surface area contributed by atoms with E-state index in [1.807, 2.05) is 13.8 Å². The third-order valence-corrected chi connectivity index (χ3v) is 1.92. The predicted octanol–water partition coefficient (Wildman–Crippen LogP) is 2.37. The zero-order valence-electron chi connectivity index (χ0n) is 8.78. The summed E-state index contributed by atoms with van der Waals surface area (Å²) in [5, 5.41) is 13.9. The molecule has 1 rings (SSSR count). The molecule has 0 atom stereocenters. The van der Waals surface area contributed by atoms with Crippen LogP contribution in [0.3, 0.4) is 0 Å². The monoisotopic (exact) mass is 182 g/mol. The Bertz CT molecular complexity index is 276. The highest BCUT2D eigenvalue weighted by atomic mass is 16.3. The molecule has 74 valence electrons. The lowest BCUT2D eigenvalue weighted by Gasteiger charge is -2.03. The molecule has 0 aliphatic heterocycles. The van der Waals surface area contributed by atoms with Crippen LogP contribution in [-0.2, 0) is 6.42 Å². The van der Waals surface area contributed by atoms with E-state index in [-0.39, 0.29) is 0 Å². The number of aromatic hydroxyl groups is 1. The summed E-state index contributed by atoms with van der Waals surface area (Å²) in [6, 6.07) is 0.312. The van der Waals surface area contributed by atoms with Crippen LogP contribution in [0.15, 0.2) is 6.20 Å². The van der Waals surface area contributed by atoms with Crippen molar-refractivity contribution in [2.75, 3.05) is 0 Å². The van der Waals surface area contributed by atoms with Crippen LogP contribution < -0.4 is 0 Å². The molecule has 0 aromatic carbocycles. The van der Waals surface area contributed by atoms with Gasteiger partial charge in [0.1, 0.15) is 5.69 Å². The molecule has 0 bridgehead atoms. The molecule has 0 saturated heterocycles. The quantitative estimate of drug-likeness (QED) is 0.779. The van der Waals surface area contributed by atoms with Gasteiger partial charge >= 0.3 is 0 Å². The first-order chi connectivity index (χ1) is 6.00. The summed E-state index contributed by atoms with van der Waals surface area (Å²) >= 11 is 0. The number of hydrogen-bond acceptors (Lipinski definition) is 2. The fraction of sp³-hybridized carbons (Fsp3) is 0.700. The van der Waals surface area contributed by atoms with Crippen molar-refractivity contribution in [2.45, 2.75) is 40.2 Å². The molecule has 3 heteroatoms. The van der Waals surface area contributed by atoms with Crippen molar-refractivity contribution in [3.05, 3.63) is 11.9 Å². The normalized spacial score (nSPS) is 11.5. The van der Waals surface area contributed by atoms with Crippen LogP contribution >= 0.6 is 0 Å². The lowest BCUT2D eigenvalue weighted by atomic mass is 10.1. The molecule has 0 aliphatic rings.